The van der Waals surface area contributed by atoms with E-state index in [1.165, 1.54) is 0 Å². The Morgan fingerprint density at radius 1 is 1.03 bits per heavy atom. The maximum Gasteiger partial charge on any atom is 0.511 e. The lowest BCUT2D eigenvalue weighted by molar-refractivity contribution is -0.0492. The van der Waals surface area contributed by atoms with E-state index < -0.39 is 21.6 Å². The first-order chi connectivity index (χ1) is 15.6. The van der Waals surface area contributed by atoms with Crippen molar-refractivity contribution >= 4 is 21.4 Å². The SMILES string of the molecule is Nc1ccnc(CN2c3ccccc3CN(S(=O)(=O)C(F)(F)F)CC2Cc2ccccc2)c1. The van der Waals surface area contributed by atoms with Crippen LogP contribution in [0.1, 0.15) is 16.8 Å². The van der Waals surface area contributed by atoms with Crippen LogP contribution in [0.15, 0.2) is 72.9 Å². The predicted molar refractivity (Wildman–Crippen MR) is 121 cm³/mol. The number of anilines is 2. The molecule has 174 valence electrons. The van der Waals surface area contributed by atoms with Crippen molar-refractivity contribution in [3.05, 3.63) is 89.7 Å². The Kier molecular flexibility index (Phi) is 6.31. The molecule has 4 rings (SSSR count). The third-order valence-corrected chi connectivity index (χ3v) is 7.17. The molecule has 10 heteroatoms. The molecule has 0 aliphatic carbocycles. The monoisotopic (exact) mass is 476 g/mol. The summed E-state index contributed by atoms with van der Waals surface area (Å²) in [5.74, 6) is 0. The van der Waals surface area contributed by atoms with Crippen LogP contribution >= 0.6 is 0 Å². The number of para-hydroxylation sites is 1. The van der Waals surface area contributed by atoms with Gasteiger partial charge in [-0.1, -0.05) is 48.5 Å². The number of pyridine rings is 1. The molecule has 2 N–H and O–H groups in total. The van der Waals surface area contributed by atoms with Gasteiger partial charge < -0.3 is 10.6 Å². The molecule has 0 fully saturated rings. The summed E-state index contributed by atoms with van der Waals surface area (Å²) in [6.45, 7) is -0.433. The van der Waals surface area contributed by atoms with Gasteiger partial charge in [0, 0.05) is 36.7 Å². The van der Waals surface area contributed by atoms with Gasteiger partial charge in [0.15, 0.2) is 0 Å². The topological polar surface area (TPSA) is 79.5 Å². The molecular weight excluding hydrogens is 453 g/mol. The van der Waals surface area contributed by atoms with Gasteiger partial charge in [-0.05, 0) is 35.7 Å². The molecule has 3 aromatic rings. The zero-order chi connectivity index (χ0) is 23.6. The van der Waals surface area contributed by atoms with Gasteiger partial charge in [-0.15, -0.1) is 0 Å². The van der Waals surface area contributed by atoms with Crippen molar-refractivity contribution in [3.63, 3.8) is 0 Å². The van der Waals surface area contributed by atoms with Gasteiger partial charge in [-0.25, -0.2) is 8.42 Å². The van der Waals surface area contributed by atoms with Gasteiger partial charge >= 0.3 is 15.5 Å². The maximum absolute atomic E-state index is 13.5. The first kappa shape index (κ1) is 23.1. The highest BCUT2D eigenvalue weighted by Crippen LogP contribution is 2.35. The summed E-state index contributed by atoms with van der Waals surface area (Å²) in [5, 5.41) is 0. The zero-order valence-electron chi connectivity index (χ0n) is 17.6. The van der Waals surface area contributed by atoms with Crippen LogP contribution in [0.25, 0.3) is 0 Å². The van der Waals surface area contributed by atoms with E-state index >= 15 is 0 Å². The van der Waals surface area contributed by atoms with Crippen molar-refractivity contribution in [2.45, 2.75) is 31.1 Å². The Hall–Kier alpha value is -3.11. The van der Waals surface area contributed by atoms with Crippen LogP contribution < -0.4 is 10.6 Å². The number of rotatable bonds is 5. The van der Waals surface area contributed by atoms with E-state index in [0.717, 1.165) is 5.56 Å². The second-order valence-corrected chi connectivity index (χ2v) is 9.85. The minimum Gasteiger partial charge on any atom is -0.399 e. The van der Waals surface area contributed by atoms with Crippen LogP contribution in [-0.4, -0.2) is 35.8 Å². The normalized spacial score (nSPS) is 17.4. The first-order valence-corrected chi connectivity index (χ1v) is 11.7. The quantitative estimate of drug-likeness (QED) is 0.603. The summed E-state index contributed by atoms with van der Waals surface area (Å²) in [5.41, 5.74) is 3.72. The largest absolute Gasteiger partial charge is 0.511 e. The van der Waals surface area contributed by atoms with Gasteiger partial charge in [0.1, 0.15) is 0 Å². The number of halogens is 3. The van der Waals surface area contributed by atoms with Crippen molar-refractivity contribution in [1.29, 1.82) is 0 Å². The second kappa shape index (κ2) is 9.03. The summed E-state index contributed by atoms with van der Waals surface area (Å²) in [6.07, 6.45) is 1.92. The van der Waals surface area contributed by atoms with Crippen molar-refractivity contribution in [2.75, 3.05) is 17.2 Å². The number of hydrogen-bond acceptors (Lipinski definition) is 5. The molecule has 2 heterocycles. The number of aromatic nitrogens is 1. The van der Waals surface area contributed by atoms with Gasteiger partial charge in [-0.2, -0.15) is 17.5 Å². The highest BCUT2D eigenvalue weighted by molar-refractivity contribution is 7.89. The fraction of sp³-hybridized carbons (Fsp3) is 0.261. The second-order valence-electron chi connectivity index (χ2n) is 7.92. The lowest BCUT2D eigenvalue weighted by atomic mass is 10.0. The van der Waals surface area contributed by atoms with E-state index in [2.05, 4.69) is 4.98 Å². The Labute approximate surface area is 190 Å². The molecule has 0 saturated heterocycles. The molecule has 0 radical (unpaired) electrons. The minimum absolute atomic E-state index is 0.263. The molecule has 2 aromatic carbocycles. The van der Waals surface area contributed by atoms with Crippen molar-refractivity contribution in [2.24, 2.45) is 0 Å². The van der Waals surface area contributed by atoms with Crippen LogP contribution in [-0.2, 0) is 29.5 Å². The van der Waals surface area contributed by atoms with Crippen molar-refractivity contribution in [1.82, 2.24) is 9.29 Å². The fourth-order valence-corrected chi connectivity index (χ4v) is 5.04. The number of nitrogens with two attached hydrogens (primary N) is 1. The third kappa shape index (κ3) is 4.96. The van der Waals surface area contributed by atoms with Crippen molar-refractivity contribution < 1.29 is 21.6 Å². The molecule has 1 unspecified atom stereocenters. The molecule has 0 saturated carbocycles. The van der Waals surface area contributed by atoms with Gasteiger partial charge in [-0.3, -0.25) is 4.98 Å². The summed E-state index contributed by atoms with van der Waals surface area (Å²) in [6, 6.07) is 19.0. The Morgan fingerprint density at radius 2 is 1.73 bits per heavy atom. The van der Waals surface area contributed by atoms with Gasteiger partial charge in [0.2, 0.25) is 0 Å². The number of hydrogen-bond donors (Lipinski definition) is 1. The standard InChI is InChI=1S/C23H23F3N4O2S/c24-23(25,26)33(31,32)29-14-18-8-4-5-9-22(18)30(15-20-13-19(27)10-11-28-20)21(16-29)12-17-6-2-1-3-7-17/h1-11,13,21H,12,14-16H2,(H2,27,28). The molecule has 1 atom stereocenters. The van der Waals surface area contributed by atoms with Crippen LogP contribution in [0.4, 0.5) is 24.5 Å². The number of alkyl halides is 3. The summed E-state index contributed by atoms with van der Waals surface area (Å²) < 4.78 is 65.9. The van der Waals surface area contributed by atoms with Gasteiger partial charge in [0.25, 0.3) is 0 Å². The first-order valence-electron chi connectivity index (χ1n) is 10.3. The molecule has 0 spiro atoms. The lowest BCUT2D eigenvalue weighted by Gasteiger charge is -2.34. The highest BCUT2D eigenvalue weighted by Gasteiger charge is 2.51. The maximum atomic E-state index is 13.5. The van der Waals surface area contributed by atoms with E-state index in [9.17, 15) is 21.6 Å². The average molecular weight is 477 g/mol. The molecular formula is C23H23F3N4O2S. The average Bonchev–Trinajstić information content (AvgIpc) is 2.91. The molecule has 0 bridgehead atoms. The highest BCUT2D eigenvalue weighted by atomic mass is 32.2. The van der Waals surface area contributed by atoms with Gasteiger partial charge in [0.05, 0.1) is 12.2 Å². The number of benzene rings is 2. The Balaban J connectivity index is 1.81. The van der Waals surface area contributed by atoms with Crippen LogP contribution in [0.2, 0.25) is 0 Å². The van der Waals surface area contributed by atoms with Crippen LogP contribution in [0, 0.1) is 0 Å². The van der Waals surface area contributed by atoms with Crippen LogP contribution in [0.3, 0.4) is 0 Å². The van der Waals surface area contributed by atoms with E-state index in [1.54, 1.807) is 42.6 Å². The Morgan fingerprint density at radius 3 is 2.42 bits per heavy atom. The smallest absolute Gasteiger partial charge is 0.399 e. The third-order valence-electron chi connectivity index (χ3n) is 5.62. The Bertz CT molecular complexity index is 1220. The lowest BCUT2D eigenvalue weighted by Crippen LogP contribution is -2.47. The van der Waals surface area contributed by atoms with E-state index in [1.807, 2.05) is 35.2 Å². The molecule has 1 aliphatic rings. The number of fused-ring (bicyclic) bond motifs is 1. The number of nitrogen functional groups attached to an aromatic ring is 1. The molecule has 0 amide bonds. The molecule has 33 heavy (non-hydrogen) atoms. The zero-order valence-corrected chi connectivity index (χ0v) is 18.4. The fourth-order valence-electron chi connectivity index (χ4n) is 4.07. The summed E-state index contributed by atoms with van der Waals surface area (Å²) in [7, 11) is -5.52. The summed E-state index contributed by atoms with van der Waals surface area (Å²) >= 11 is 0. The molecule has 1 aliphatic heterocycles. The summed E-state index contributed by atoms with van der Waals surface area (Å²) in [4.78, 5) is 6.28. The van der Waals surface area contributed by atoms with E-state index in [-0.39, 0.29) is 19.6 Å². The van der Waals surface area contributed by atoms with Crippen molar-refractivity contribution in [3.8, 4) is 0 Å². The van der Waals surface area contributed by atoms with E-state index in [0.29, 0.717) is 33.4 Å². The number of nitrogens with zero attached hydrogens (tertiary/aromatic N) is 3. The molecule has 1 aromatic heterocycles. The van der Waals surface area contributed by atoms with Crippen LogP contribution in [0.5, 0.6) is 0 Å². The molecule has 6 nitrogen and oxygen atoms in total. The predicted octanol–water partition coefficient (Wildman–Crippen LogP) is 3.95. The van der Waals surface area contributed by atoms with E-state index in [4.69, 9.17) is 5.73 Å². The number of sulfonamides is 1. The minimum atomic E-state index is -5.52.